The van der Waals surface area contributed by atoms with Gasteiger partial charge in [0.1, 0.15) is 24.2 Å². The Bertz CT molecular complexity index is 1220. The van der Waals surface area contributed by atoms with Gasteiger partial charge in [-0.3, -0.25) is 24.4 Å². The van der Waals surface area contributed by atoms with Gasteiger partial charge in [0.05, 0.1) is 22.2 Å². The highest BCUT2D eigenvalue weighted by Crippen LogP contribution is 2.26. The summed E-state index contributed by atoms with van der Waals surface area (Å²) >= 11 is 2.97. The second-order valence-electron chi connectivity index (χ2n) is 10.5. The zero-order valence-corrected chi connectivity index (χ0v) is 24.1. The molecule has 0 saturated heterocycles. The molecule has 0 aliphatic carbocycles. The minimum atomic E-state index is -0.740. The van der Waals surface area contributed by atoms with Crippen molar-refractivity contribution >= 4 is 57.2 Å². The molecule has 208 valence electrons. The van der Waals surface area contributed by atoms with Crippen molar-refractivity contribution in [1.82, 2.24) is 16.0 Å². The van der Waals surface area contributed by atoms with E-state index >= 15 is 0 Å². The number of thioether (sulfide) groups is 2. The van der Waals surface area contributed by atoms with Crippen molar-refractivity contribution in [2.24, 2.45) is 20.9 Å². The van der Waals surface area contributed by atoms with E-state index in [0.29, 0.717) is 28.9 Å². The lowest BCUT2D eigenvalue weighted by Gasteiger charge is -2.23. The summed E-state index contributed by atoms with van der Waals surface area (Å²) in [4.78, 5) is 53.8. The standard InChI is InChI=1S/C27H34N6O4S2/c1-13(2)20-25-33-21(15(4)37-25)24(36)28-14(3)26-30-18(11-38-26)22(34)29-17(10-16-8-6-5-7-9-16)27-31-19(12-39-27)23(35)32-20/h5-9,13-15,17-21H,10-12H2,1-4H3,(H,28,36)(H,29,34)(H,32,35)/t14?,15-,17?,18?,19?,20+,21+/m1/s1. The molecule has 0 fully saturated rings. The van der Waals surface area contributed by atoms with E-state index in [1.807, 2.05) is 51.1 Å². The lowest BCUT2D eigenvalue weighted by Crippen LogP contribution is -2.48. The van der Waals surface area contributed by atoms with Crippen LogP contribution in [-0.4, -0.2) is 87.6 Å². The molecule has 0 saturated carbocycles. The van der Waals surface area contributed by atoms with Crippen molar-refractivity contribution < 1.29 is 19.1 Å². The molecule has 10 nitrogen and oxygen atoms in total. The molecule has 4 aliphatic rings. The fraction of sp³-hybridized carbons (Fsp3) is 0.556. The zero-order valence-electron chi connectivity index (χ0n) is 22.4. The van der Waals surface area contributed by atoms with E-state index in [4.69, 9.17) is 9.73 Å². The number of hydrogen-bond donors (Lipinski definition) is 3. The van der Waals surface area contributed by atoms with Crippen molar-refractivity contribution in [1.29, 1.82) is 0 Å². The molecule has 1 aromatic carbocycles. The number of benzene rings is 1. The summed E-state index contributed by atoms with van der Waals surface area (Å²) in [6.45, 7) is 7.59. The summed E-state index contributed by atoms with van der Waals surface area (Å²) in [6, 6.07) is 6.73. The Hall–Kier alpha value is -2.86. The minimum absolute atomic E-state index is 0.0185. The maximum Gasteiger partial charge on any atom is 0.249 e. The molecule has 3 amide bonds. The van der Waals surface area contributed by atoms with E-state index in [1.54, 1.807) is 6.92 Å². The van der Waals surface area contributed by atoms with Crippen molar-refractivity contribution in [3.63, 3.8) is 0 Å². The van der Waals surface area contributed by atoms with E-state index < -0.39 is 30.3 Å². The number of fused-ring (bicyclic) bond motifs is 3. The van der Waals surface area contributed by atoms with Crippen molar-refractivity contribution in [2.75, 3.05) is 11.5 Å². The number of nitrogens with one attached hydrogen (secondary N) is 3. The molecule has 4 heterocycles. The number of carbonyl (C=O) groups is 3. The van der Waals surface area contributed by atoms with Crippen LogP contribution in [0.3, 0.4) is 0 Å². The maximum atomic E-state index is 13.3. The number of rotatable bonds is 3. The molecule has 7 atom stereocenters. The summed E-state index contributed by atoms with van der Waals surface area (Å²) in [5.41, 5.74) is 1.06. The summed E-state index contributed by atoms with van der Waals surface area (Å²) in [5.74, 6) is 0.601. The van der Waals surface area contributed by atoms with Crippen LogP contribution in [0.25, 0.3) is 0 Å². The molecule has 12 heteroatoms. The highest BCUT2D eigenvalue weighted by atomic mass is 32.2. The number of aliphatic imine (C=N–C) groups is 3. The third kappa shape index (κ3) is 6.16. The van der Waals surface area contributed by atoms with E-state index in [2.05, 4.69) is 25.9 Å². The molecular weight excluding hydrogens is 536 g/mol. The van der Waals surface area contributed by atoms with Crippen LogP contribution < -0.4 is 16.0 Å². The Morgan fingerprint density at radius 2 is 1.51 bits per heavy atom. The van der Waals surface area contributed by atoms with Gasteiger partial charge in [-0.25, -0.2) is 4.99 Å². The van der Waals surface area contributed by atoms with Gasteiger partial charge < -0.3 is 20.7 Å². The summed E-state index contributed by atoms with van der Waals surface area (Å²) < 4.78 is 6.00. The number of amides is 3. The Morgan fingerprint density at radius 1 is 0.872 bits per heavy atom. The monoisotopic (exact) mass is 570 g/mol. The predicted octanol–water partition coefficient (Wildman–Crippen LogP) is 1.59. The van der Waals surface area contributed by atoms with Crippen molar-refractivity contribution in [3.05, 3.63) is 35.9 Å². The Morgan fingerprint density at radius 3 is 2.21 bits per heavy atom. The van der Waals surface area contributed by atoms with E-state index in [1.165, 1.54) is 23.5 Å². The van der Waals surface area contributed by atoms with Gasteiger partial charge in [-0.15, -0.1) is 23.5 Å². The molecule has 1 aromatic rings. The van der Waals surface area contributed by atoms with Gasteiger partial charge in [0.25, 0.3) is 0 Å². The molecule has 0 spiro atoms. The topological polar surface area (TPSA) is 134 Å². The minimum Gasteiger partial charge on any atom is -0.474 e. The van der Waals surface area contributed by atoms with Crippen LogP contribution in [0.15, 0.2) is 45.3 Å². The SMILES string of the molecule is CC1NC(=O)[C@H]2N=C(O[C@@H]2C)[C@H](C(C)C)NC(=O)C2CSC(=N2)C(Cc2ccccc2)NC(=O)C2CSC1=N2. The first kappa shape index (κ1) is 27.7. The van der Waals surface area contributed by atoms with Crippen LogP contribution in [0, 0.1) is 5.92 Å². The first-order valence-electron chi connectivity index (χ1n) is 13.3. The van der Waals surface area contributed by atoms with Crippen LogP contribution in [0.1, 0.15) is 33.3 Å². The van der Waals surface area contributed by atoms with Gasteiger partial charge >= 0.3 is 0 Å². The first-order chi connectivity index (χ1) is 18.7. The van der Waals surface area contributed by atoms with Gasteiger partial charge in [0.2, 0.25) is 23.6 Å². The normalized spacial score (nSPS) is 33.2. The lowest BCUT2D eigenvalue weighted by atomic mass is 10.0. The summed E-state index contributed by atoms with van der Waals surface area (Å²) in [6.07, 6.45) is 0.0725. The van der Waals surface area contributed by atoms with Crippen LogP contribution in [0.5, 0.6) is 0 Å². The number of hydrogen-bond acceptors (Lipinski definition) is 9. The highest BCUT2D eigenvalue weighted by molar-refractivity contribution is 8.14. The second kappa shape index (κ2) is 11.7. The third-order valence-corrected chi connectivity index (χ3v) is 9.50. The molecule has 3 N–H and O–H groups in total. The molecule has 0 aromatic heterocycles. The molecule has 4 aliphatic heterocycles. The molecular formula is C27H34N6O4S2. The first-order valence-corrected chi connectivity index (χ1v) is 15.3. The lowest BCUT2D eigenvalue weighted by molar-refractivity contribution is -0.124. The quantitative estimate of drug-likeness (QED) is 0.506. The summed E-state index contributed by atoms with van der Waals surface area (Å²) in [5, 5.41) is 10.6. The Balaban J connectivity index is 1.48. The van der Waals surface area contributed by atoms with Gasteiger partial charge in [-0.05, 0) is 31.7 Å². The zero-order chi connectivity index (χ0) is 27.7. The van der Waals surface area contributed by atoms with E-state index in [9.17, 15) is 14.4 Å². The molecule has 6 bridgehead atoms. The van der Waals surface area contributed by atoms with Crippen LogP contribution in [0.4, 0.5) is 0 Å². The predicted molar refractivity (Wildman–Crippen MR) is 156 cm³/mol. The fourth-order valence-electron chi connectivity index (χ4n) is 4.87. The smallest absolute Gasteiger partial charge is 0.249 e. The highest BCUT2D eigenvalue weighted by Gasteiger charge is 2.40. The Labute approximate surface area is 236 Å². The van der Waals surface area contributed by atoms with Gasteiger partial charge in [-0.2, -0.15) is 0 Å². The number of ether oxygens (including phenoxy) is 1. The molecule has 0 radical (unpaired) electrons. The number of carbonyl (C=O) groups excluding carboxylic acids is 3. The average molecular weight is 571 g/mol. The second-order valence-corrected chi connectivity index (χ2v) is 12.6. The molecule has 39 heavy (non-hydrogen) atoms. The fourth-order valence-corrected chi connectivity index (χ4v) is 7.04. The van der Waals surface area contributed by atoms with Gasteiger partial charge in [0, 0.05) is 11.5 Å². The number of nitrogens with zero attached hydrogens (tertiary/aromatic N) is 3. The molecule has 5 rings (SSSR count). The van der Waals surface area contributed by atoms with Gasteiger partial charge in [0.15, 0.2) is 6.04 Å². The van der Waals surface area contributed by atoms with Crippen molar-refractivity contribution in [3.8, 4) is 0 Å². The largest absolute Gasteiger partial charge is 0.474 e. The summed E-state index contributed by atoms with van der Waals surface area (Å²) in [7, 11) is 0. The molecule has 4 unspecified atom stereocenters. The van der Waals surface area contributed by atoms with Gasteiger partial charge in [-0.1, -0.05) is 44.2 Å². The van der Waals surface area contributed by atoms with E-state index in [-0.39, 0.29) is 35.7 Å². The Kier molecular flexibility index (Phi) is 8.32. The average Bonchev–Trinajstić information content (AvgIpc) is 3.66. The van der Waals surface area contributed by atoms with Crippen LogP contribution in [-0.2, 0) is 25.5 Å². The van der Waals surface area contributed by atoms with E-state index in [0.717, 1.165) is 10.6 Å². The maximum absolute atomic E-state index is 13.3. The van der Waals surface area contributed by atoms with Crippen molar-refractivity contribution in [2.45, 2.75) is 76.5 Å². The third-order valence-electron chi connectivity index (χ3n) is 7.09. The van der Waals surface area contributed by atoms with Crippen LogP contribution >= 0.6 is 23.5 Å². The van der Waals surface area contributed by atoms with Crippen LogP contribution in [0.2, 0.25) is 0 Å².